The van der Waals surface area contributed by atoms with E-state index in [2.05, 4.69) is 10.3 Å². The molecule has 8 heteroatoms. The molecule has 3 aromatic rings. The van der Waals surface area contributed by atoms with E-state index in [-0.39, 0.29) is 24.1 Å². The number of methoxy groups -OCH3 is 1. The van der Waals surface area contributed by atoms with Gasteiger partial charge in [0.05, 0.1) is 37.1 Å². The van der Waals surface area contributed by atoms with Crippen LogP contribution < -0.4 is 20.3 Å². The van der Waals surface area contributed by atoms with Gasteiger partial charge in [0.15, 0.2) is 11.5 Å². The molecule has 1 saturated carbocycles. The second-order valence-corrected chi connectivity index (χ2v) is 10.5. The zero-order valence-electron chi connectivity index (χ0n) is 22.9. The molecular formula is C30H37N3O5. The summed E-state index contributed by atoms with van der Waals surface area (Å²) in [5.41, 5.74) is 5.21. The maximum absolute atomic E-state index is 14.1. The van der Waals surface area contributed by atoms with Crippen molar-refractivity contribution in [2.75, 3.05) is 20.7 Å². The molecule has 3 heterocycles. The molecule has 1 aliphatic heterocycles. The van der Waals surface area contributed by atoms with Gasteiger partial charge in [0, 0.05) is 29.4 Å². The Labute approximate surface area is 223 Å². The number of rotatable bonds is 7. The van der Waals surface area contributed by atoms with Gasteiger partial charge in [-0.2, -0.15) is 0 Å². The summed E-state index contributed by atoms with van der Waals surface area (Å²) < 4.78 is 18.4. The SMILES string of the molecule is CNC1CCC(Oc2c(C)c3c(c(-c4ccco4)c2OC)CCN(Cc2c(C)cc(C)[nH]c2=O)C3=O)CC1. The summed E-state index contributed by atoms with van der Waals surface area (Å²) in [7, 11) is 3.64. The summed E-state index contributed by atoms with van der Waals surface area (Å²) in [6.45, 7) is 6.46. The van der Waals surface area contributed by atoms with Gasteiger partial charge in [-0.3, -0.25) is 9.59 Å². The molecule has 2 aliphatic rings. The van der Waals surface area contributed by atoms with E-state index in [0.29, 0.717) is 47.4 Å². The minimum absolute atomic E-state index is 0.0401. The van der Waals surface area contributed by atoms with Gasteiger partial charge in [-0.1, -0.05) is 0 Å². The minimum atomic E-state index is -0.148. The average molecular weight is 520 g/mol. The third-order valence-electron chi connectivity index (χ3n) is 8.07. The fraction of sp³-hybridized carbons (Fsp3) is 0.467. The van der Waals surface area contributed by atoms with Crippen molar-refractivity contribution in [2.45, 2.75) is 71.6 Å². The van der Waals surface area contributed by atoms with Crippen molar-refractivity contribution in [3.05, 3.63) is 68.3 Å². The first kappa shape index (κ1) is 26.1. The van der Waals surface area contributed by atoms with E-state index >= 15 is 0 Å². The molecule has 8 nitrogen and oxygen atoms in total. The first-order valence-electron chi connectivity index (χ1n) is 13.4. The van der Waals surface area contributed by atoms with Crippen molar-refractivity contribution in [3.8, 4) is 22.8 Å². The highest BCUT2D eigenvalue weighted by atomic mass is 16.5. The largest absolute Gasteiger partial charge is 0.492 e. The molecule has 0 radical (unpaired) electrons. The van der Waals surface area contributed by atoms with Crippen molar-refractivity contribution >= 4 is 5.91 Å². The fourth-order valence-corrected chi connectivity index (χ4v) is 6.01. The van der Waals surface area contributed by atoms with E-state index in [1.807, 2.05) is 46.0 Å². The lowest BCUT2D eigenvalue weighted by molar-refractivity contribution is 0.0723. The lowest BCUT2D eigenvalue weighted by Gasteiger charge is -2.34. The van der Waals surface area contributed by atoms with Crippen molar-refractivity contribution in [2.24, 2.45) is 0 Å². The monoisotopic (exact) mass is 519 g/mol. The fourth-order valence-electron chi connectivity index (χ4n) is 6.01. The first-order valence-corrected chi connectivity index (χ1v) is 13.4. The molecule has 5 rings (SSSR count). The zero-order valence-corrected chi connectivity index (χ0v) is 22.9. The predicted molar refractivity (Wildman–Crippen MR) is 146 cm³/mol. The Balaban J connectivity index is 1.57. The maximum Gasteiger partial charge on any atom is 0.254 e. The minimum Gasteiger partial charge on any atom is -0.492 e. The number of amides is 1. The van der Waals surface area contributed by atoms with Crippen LogP contribution in [0.15, 0.2) is 33.7 Å². The maximum atomic E-state index is 14.1. The molecule has 2 aromatic heterocycles. The van der Waals surface area contributed by atoms with Gasteiger partial charge in [0.2, 0.25) is 0 Å². The smallest absolute Gasteiger partial charge is 0.254 e. The molecule has 1 amide bonds. The van der Waals surface area contributed by atoms with Gasteiger partial charge in [-0.25, -0.2) is 0 Å². The highest BCUT2D eigenvalue weighted by Crippen LogP contribution is 2.48. The number of benzene rings is 1. The first-order chi connectivity index (χ1) is 18.3. The van der Waals surface area contributed by atoms with E-state index in [0.717, 1.165) is 53.6 Å². The second-order valence-electron chi connectivity index (χ2n) is 10.5. The Morgan fingerprint density at radius 1 is 1.11 bits per heavy atom. The molecule has 38 heavy (non-hydrogen) atoms. The molecular weight excluding hydrogens is 482 g/mol. The Kier molecular flexibility index (Phi) is 7.34. The highest BCUT2D eigenvalue weighted by Gasteiger charge is 2.36. The lowest BCUT2D eigenvalue weighted by Crippen LogP contribution is -2.40. The number of hydrogen-bond donors (Lipinski definition) is 2. The molecule has 0 spiro atoms. The molecule has 1 fully saturated rings. The zero-order chi connectivity index (χ0) is 27.0. The van der Waals surface area contributed by atoms with Gasteiger partial charge in [-0.05, 0) is 89.2 Å². The van der Waals surface area contributed by atoms with Crippen LogP contribution in [0.5, 0.6) is 11.5 Å². The van der Waals surface area contributed by atoms with Crippen molar-refractivity contribution in [3.63, 3.8) is 0 Å². The Morgan fingerprint density at radius 2 is 1.87 bits per heavy atom. The number of ether oxygens (including phenoxy) is 2. The third kappa shape index (κ3) is 4.73. The highest BCUT2D eigenvalue weighted by molar-refractivity contribution is 6.02. The predicted octanol–water partition coefficient (Wildman–Crippen LogP) is 4.68. The van der Waals surface area contributed by atoms with E-state index in [9.17, 15) is 9.59 Å². The van der Waals surface area contributed by atoms with Crippen LogP contribution >= 0.6 is 0 Å². The van der Waals surface area contributed by atoms with Gasteiger partial charge >= 0.3 is 0 Å². The van der Waals surface area contributed by atoms with Crippen LogP contribution in [0.2, 0.25) is 0 Å². The molecule has 202 valence electrons. The summed E-state index contributed by atoms with van der Waals surface area (Å²) in [5, 5.41) is 3.37. The summed E-state index contributed by atoms with van der Waals surface area (Å²) >= 11 is 0. The van der Waals surface area contributed by atoms with Crippen LogP contribution in [0.25, 0.3) is 11.3 Å². The van der Waals surface area contributed by atoms with E-state index < -0.39 is 0 Å². The molecule has 1 aromatic carbocycles. The summed E-state index contributed by atoms with van der Waals surface area (Å²) in [5.74, 6) is 1.75. The van der Waals surface area contributed by atoms with Crippen LogP contribution in [-0.2, 0) is 13.0 Å². The Hall–Kier alpha value is -3.52. The molecule has 1 aliphatic carbocycles. The molecule has 0 unspecified atom stereocenters. The number of nitrogens with zero attached hydrogens (tertiary/aromatic N) is 1. The number of aromatic nitrogens is 1. The van der Waals surface area contributed by atoms with E-state index in [1.165, 1.54) is 0 Å². The van der Waals surface area contributed by atoms with Gasteiger partial charge in [-0.15, -0.1) is 0 Å². The summed E-state index contributed by atoms with van der Waals surface area (Å²) in [6, 6.07) is 6.17. The number of furan rings is 1. The third-order valence-corrected chi connectivity index (χ3v) is 8.07. The van der Waals surface area contributed by atoms with Crippen molar-refractivity contribution in [1.29, 1.82) is 0 Å². The number of carbonyl (C=O) groups is 1. The second kappa shape index (κ2) is 10.7. The number of H-pyrrole nitrogens is 1. The van der Waals surface area contributed by atoms with Crippen molar-refractivity contribution in [1.82, 2.24) is 15.2 Å². The quantitative estimate of drug-likeness (QED) is 0.471. The van der Waals surface area contributed by atoms with Gasteiger partial charge in [0.25, 0.3) is 11.5 Å². The molecule has 0 saturated heterocycles. The standard InChI is InChI=1S/C30H37N3O5/c1-17-15-18(2)32-29(34)23(17)16-33-13-12-22-25(30(33)35)19(3)27(38-21-10-8-20(31-4)9-11-21)28(36-5)26(22)24-7-6-14-37-24/h6-7,14-15,20-21,31H,8-13,16H2,1-5H3,(H,32,34). The number of nitrogens with one attached hydrogen (secondary N) is 2. The number of carbonyl (C=O) groups excluding carboxylic acids is 1. The average Bonchev–Trinajstić information content (AvgIpc) is 3.43. The number of aromatic amines is 1. The van der Waals surface area contributed by atoms with Crippen LogP contribution in [-0.4, -0.2) is 48.6 Å². The van der Waals surface area contributed by atoms with Crippen LogP contribution in [0, 0.1) is 20.8 Å². The summed E-state index contributed by atoms with van der Waals surface area (Å²) in [4.78, 5) is 31.4. The number of hydrogen-bond acceptors (Lipinski definition) is 6. The van der Waals surface area contributed by atoms with E-state index in [1.54, 1.807) is 18.3 Å². The van der Waals surface area contributed by atoms with Crippen molar-refractivity contribution < 1.29 is 18.7 Å². The number of fused-ring (bicyclic) bond motifs is 1. The van der Waals surface area contributed by atoms with Gasteiger partial charge < -0.3 is 29.1 Å². The topological polar surface area (TPSA) is 96.8 Å². The Morgan fingerprint density at radius 3 is 2.50 bits per heavy atom. The molecule has 0 atom stereocenters. The normalized spacial score (nSPS) is 19.4. The summed E-state index contributed by atoms with van der Waals surface area (Å²) in [6.07, 6.45) is 6.21. The van der Waals surface area contributed by atoms with Crippen LogP contribution in [0.1, 0.15) is 64.0 Å². The lowest BCUT2D eigenvalue weighted by atomic mass is 9.87. The van der Waals surface area contributed by atoms with Crippen LogP contribution in [0.3, 0.4) is 0 Å². The number of pyridine rings is 1. The van der Waals surface area contributed by atoms with Gasteiger partial charge in [0.1, 0.15) is 5.76 Å². The molecule has 0 bridgehead atoms. The molecule has 2 N–H and O–H groups in total. The van der Waals surface area contributed by atoms with E-state index in [4.69, 9.17) is 13.9 Å². The number of aryl methyl sites for hydroxylation is 2. The Bertz CT molecular complexity index is 1380. The van der Waals surface area contributed by atoms with Crippen LogP contribution in [0.4, 0.5) is 0 Å².